The molecule has 0 aromatic rings. The van der Waals surface area contributed by atoms with Crippen LogP contribution in [-0.4, -0.2) is 67.9 Å². The number of hydroxylamine groups is 2. The van der Waals surface area contributed by atoms with Crippen molar-refractivity contribution in [1.82, 2.24) is 15.7 Å². The Balaban J connectivity index is 2.58. The van der Waals surface area contributed by atoms with Crippen molar-refractivity contribution >= 4 is 38.0 Å². The van der Waals surface area contributed by atoms with E-state index in [1.807, 2.05) is 0 Å². The van der Waals surface area contributed by atoms with E-state index in [1.54, 1.807) is 20.8 Å². The number of hydrogen-bond donors (Lipinski definition) is 2. The lowest BCUT2D eigenvalue weighted by Gasteiger charge is -2.21. The zero-order valence-corrected chi connectivity index (χ0v) is 21.4. The molecule has 33 heavy (non-hydrogen) atoms. The summed E-state index contributed by atoms with van der Waals surface area (Å²) in [5.74, 6) is -2.14. The minimum absolute atomic E-state index is 0.0285. The van der Waals surface area contributed by atoms with E-state index in [9.17, 15) is 24.0 Å². The fourth-order valence-electron chi connectivity index (χ4n) is 2.67. The molecule has 2 N–H and O–H groups in total. The number of carbonyl (C=O) groups is 5. The van der Waals surface area contributed by atoms with Crippen molar-refractivity contribution in [2.24, 2.45) is 0 Å². The van der Waals surface area contributed by atoms with Crippen molar-refractivity contribution in [3.8, 4) is 0 Å². The molecule has 11 nitrogen and oxygen atoms in total. The van der Waals surface area contributed by atoms with Gasteiger partial charge in [0.25, 0.3) is 11.8 Å². The molecular weight excluding hydrogens is 450 g/mol. The quantitative estimate of drug-likeness (QED) is 0.257. The Labute approximate surface area is 195 Å². The van der Waals surface area contributed by atoms with Gasteiger partial charge in [-0.1, -0.05) is 19.6 Å². The second-order valence-electron chi connectivity index (χ2n) is 10.1. The van der Waals surface area contributed by atoms with E-state index >= 15 is 0 Å². The van der Waals surface area contributed by atoms with Crippen LogP contribution >= 0.6 is 0 Å². The van der Waals surface area contributed by atoms with Gasteiger partial charge >= 0.3 is 18.2 Å². The van der Waals surface area contributed by atoms with Gasteiger partial charge in [0.2, 0.25) is 0 Å². The van der Waals surface area contributed by atoms with E-state index in [2.05, 4.69) is 30.3 Å². The smallest absolute Gasteiger partial charge is 0.407 e. The maximum Gasteiger partial charge on any atom is 0.407 e. The number of carbonyl (C=O) groups excluding carboxylic acids is 5. The first kappa shape index (κ1) is 28.4. The summed E-state index contributed by atoms with van der Waals surface area (Å²) >= 11 is 0. The van der Waals surface area contributed by atoms with Crippen LogP contribution in [0.5, 0.6) is 0 Å². The van der Waals surface area contributed by atoms with Gasteiger partial charge in [0.15, 0.2) is 0 Å². The van der Waals surface area contributed by atoms with Crippen molar-refractivity contribution < 1.29 is 38.3 Å². The Morgan fingerprint density at radius 1 is 1.03 bits per heavy atom. The Kier molecular flexibility index (Phi) is 10.8. The fourth-order valence-corrected chi connectivity index (χ4v) is 3.39. The molecule has 188 valence electrons. The third-order valence-corrected chi connectivity index (χ3v) is 6.14. The number of hydrogen-bond acceptors (Lipinski definition) is 8. The average Bonchev–Trinajstić information content (AvgIpc) is 2.96. The van der Waals surface area contributed by atoms with Crippen molar-refractivity contribution in [1.29, 1.82) is 0 Å². The van der Waals surface area contributed by atoms with E-state index in [-0.39, 0.29) is 25.9 Å². The number of rotatable bonds is 11. The Morgan fingerprint density at radius 3 is 2.18 bits per heavy atom. The summed E-state index contributed by atoms with van der Waals surface area (Å²) in [4.78, 5) is 64.8. The summed E-state index contributed by atoms with van der Waals surface area (Å²) in [5, 5.41) is 5.51. The number of unbranched alkanes of at least 4 members (excludes halogenated alkanes) is 1. The Morgan fingerprint density at radius 2 is 1.64 bits per heavy atom. The topological polar surface area (TPSA) is 140 Å². The van der Waals surface area contributed by atoms with Crippen molar-refractivity contribution in [2.75, 3.05) is 13.2 Å². The van der Waals surface area contributed by atoms with Crippen LogP contribution in [0, 0.1) is 0 Å². The highest BCUT2D eigenvalue weighted by atomic mass is 28.3. The van der Waals surface area contributed by atoms with E-state index < -0.39 is 49.7 Å². The zero-order valence-electron chi connectivity index (χ0n) is 20.4. The number of alkyl carbamates (subject to hydrolysis) is 2. The Hall–Kier alpha value is -2.63. The van der Waals surface area contributed by atoms with Crippen molar-refractivity contribution in [3.05, 3.63) is 0 Å². The lowest BCUT2D eigenvalue weighted by Crippen LogP contribution is -2.45. The van der Waals surface area contributed by atoms with Crippen molar-refractivity contribution in [2.45, 2.75) is 90.2 Å². The second-order valence-corrected chi connectivity index (χ2v) is 15.7. The normalized spacial score (nSPS) is 15.2. The third-order valence-electron chi connectivity index (χ3n) is 4.44. The van der Waals surface area contributed by atoms with Gasteiger partial charge in [-0.3, -0.25) is 9.59 Å². The first-order valence-corrected chi connectivity index (χ1v) is 14.9. The van der Waals surface area contributed by atoms with E-state index in [4.69, 9.17) is 14.3 Å². The molecule has 1 atom stereocenters. The molecule has 0 radical (unpaired) electrons. The van der Waals surface area contributed by atoms with Gasteiger partial charge in [0.1, 0.15) is 11.6 Å². The first-order chi connectivity index (χ1) is 15.2. The molecule has 1 heterocycles. The maximum atomic E-state index is 12.6. The van der Waals surface area contributed by atoms with Crippen LogP contribution in [0.25, 0.3) is 0 Å². The third kappa shape index (κ3) is 12.3. The molecule has 1 aliphatic rings. The molecule has 0 bridgehead atoms. The lowest BCUT2D eigenvalue weighted by atomic mass is 10.1. The van der Waals surface area contributed by atoms with Crippen molar-refractivity contribution in [3.63, 3.8) is 0 Å². The number of nitrogens with zero attached hydrogens (tertiary/aromatic N) is 1. The van der Waals surface area contributed by atoms with Gasteiger partial charge in [0, 0.05) is 27.5 Å². The minimum Gasteiger partial charge on any atom is -0.450 e. The van der Waals surface area contributed by atoms with Gasteiger partial charge < -0.3 is 24.9 Å². The lowest BCUT2D eigenvalue weighted by molar-refractivity contribution is -0.199. The van der Waals surface area contributed by atoms with E-state index in [1.165, 1.54) is 0 Å². The van der Waals surface area contributed by atoms with Gasteiger partial charge in [-0.2, -0.15) is 0 Å². The van der Waals surface area contributed by atoms with Gasteiger partial charge in [-0.15, -0.1) is 5.06 Å². The summed E-state index contributed by atoms with van der Waals surface area (Å²) in [7, 11) is -1.40. The largest absolute Gasteiger partial charge is 0.450 e. The van der Waals surface area contributed by atoms with Crippen LogP contribution in [0.2, 0.25) is 25.7 Å². The first-order valence-electron chi connectivity index (χ1n) is 11.2. The van der Waals surface area contributed by atoms with Crippen LogP contribution in [-0.2, 0) is 28.7 Å². The van der Waals surface area contributed by atoms with Crippen LogP contribution in [0.1, 0.15) is 52.9 Å². The Bertz CT molecular complexity index is 714. The van der Waals surface area contributed by atoms with Crippen LogP contribution in [0.15, 0.2) is 0 Å². The molecule has 0 aromatic heterocycles. The second kappa shape index (κ2) is 12.6. The van der Waals surface area contributed by atoms with Gasteiger partial charge in [-0.25, -0.2) is 14.4 Å². The summed E-state index contributed by atoms with van der Waals surface area (Å²) < 4.78 is 10.3. The minimum atomic E-state index is -1.40. The van der Waals surface area contributed by atoms with Crippen LogP contribution in [0.4, 0.5) is 9.59 Å². The van der Waals surface area contributed by atoms with E-state index in [0.29, 0.717) is 24.4 Å². The molecule has 1 rings (SSSR count). The summed E-state index contributed by atoms with van der Waals surface area (Å²) in [6.07, 6.45) is -0.286. The fraction of sp³-hybridized carbons (Fsp3) is 0.762. The summed E-state index contributed by atoms with van der Waals surface area (Å²) in [6.45, 7) is 12.2. The molecule has 1 fully saturated rings. The monoisotopic (exact) mass is 487 g/mol. The predicted octanol–water partition coefficient (Wildman–Crippen LogP) is 2.72. The predicted molar refractivity (Wildman–Crippen MR) is 122 cm³/mol. The molecule has 0 aromatic carbocycles. The SMILES string of the molecule is CC(C)(C)OC(=O)NCCCC[C@@H](NC(=O)OCC[Si](C)(C)C)C(=O)ON1C(=O)CCC1=O. The van der Waals surface area contributed by atoms with Gasteiger partial charge in [-0.05, 0) is 46.1 Å². The molecule has 0 saturated carbocycles. The molecule has 1 saturated heterocycles. The highest BCUT2D eigenvalue weighted by Crippen LogP contribution is 2.14. The number of nitrogens with one attached hydrogen (secondary N) is 2. The van der Waals surface area contributed by atoms with Crippen LogP contribution in [0.3, 0.4) is 0 Å². The molecule has 0 spiro atoms. The van der Waals surface area contributed by atoms with E-state index in [0.717, 1.165) is 6.04 Å². The molecule has 1 aliphatic heterocycles. The summed E-state index contributed by atoms with van der Waals surface area (Å²) in [6, 6.07) is -0.352. The highest BCUT2D eigenvalue weighted by molar-refractivity contribution is 6.76. The molecule has 0 aliphatic carbocycles. The average molecular weight is 488 g/mol. The maximum absolute atomic E-state index is 12.6. The molecule has 12 heteroatoms. The number of imide groups is 1. The van der Waals surface area contributed by atoms with Gasteiger partial charge in [0.05, 0.1) is 6.61 Å². The number of ether oxygens (including phenoxy) is 2. The molecule has 4 amide bonds. The molecule has 0 unspecified atom stereocenters. The number of amides is 4. The zero-order chi connectivity index (χ0) is 25.2. The van der Waals surface area contributed by atoms with Crippen LogP contribution < -0.4 is 10.6 Å². The highest BCUT2D eigenvalue weighted by Gasteiger charge is 2.35. The standard InChI is InChI=1S/C21H37N3O8Si/c1-21(2,3)31-19(28)22-12-8-7-9-15(23-20(29)30-13-14-33(4,5)6)18(27)32-24-16(25)10-11-17(24)26/h15H,7-14H2,1-6H3,(H,22,28)(H,23,29)/t15-/m1/s1. The molecular formula is C21H37N3O8Si. The summed E-state index contributed by atoms with van der Waals surface area (Å²) in [5.41, 5.74) is -0.608.